The van der Waals surface area contributed by atoms with Crippen molar-refractivity contribution in [3.63, 3.8) is 0 Å². The molecule has 0 aliphatic carbocycles. The zero-order valence-corrected chi connectivity index (χ0v) is 13.7. The molecular weight excluding hydrogens is 270 g/mol. The Morgan fingerprint density at radius 3 is 2.09 bits per heavy atom. The van der Waals surface area contributed by atoms with Gasteiger partial charge in [0, 0.05) is 0 Å². The summed E-state index contributed by atoms with van der Waals surface area (Å²) < 4.78 is 0. The van der Waals surface area contributed by atoms with Crippen LogP contribution < -0.4 is 5.32 Å². The van der Waals surface area contributed by atoms with Gasteiger partial charge in [-0.1, -0.05) is 67.9 Å². The third-order valence-electron chi connectivity index (χ3n) is 4.02. The van der Waals surface area contributed by atoms with Gasteiger partial charge in [-0.3, -0.25) is 4.79 Å². The van der Waals surface area contributed by atoms with E-state index < -0.39 is 0 Å². The third kappa shape index (κ3) is 4.45. The molecule has 0 spiro atoms. The first-order valence-electron chi connectivity index (χ1n) is 8.06. The van der Waals surface area contributed by atoms with Crippen molar-refractivity contribution in [1.29, 1.82) is 0 Å². The van der Waals surface area contributed by atoms with Gasteiger partial charge in [-0.05, 0) is 36.5 Å². The summed E-state index contributed by atoms with van der Waals surface area (Å²) in [6, 6.07) is 16.7. The molecule has 0 heterocycles. The van der Waals surface area contributed by atoms with Crippen LogP contribution in [0.2, 0.25) is 0 Å². The van der Waals surface area contributed by atoms with E-state index in [0.29, 0.717) is 6.42 Å². The van der Waals surface area contributed by atoms with Gasteiger partial charge < -0.3 is 5.32 Å². The number of hydrogen-bond acceptors (Lipinski definition) is 1. The molecule has 0 radical (unpaired) electrons. The summed E-state index contributed by atoms with van der Waals surface area (Å²) in [6.45, 7) is 6.30. The SMILES string of the molecule is CCc1ccc(CC(=O)N[C@H](CC)c2ccc(C)cc2)cc1. The average molecular weight is 295 g/mol. The smallest absolute Gasteiger partial charge is 0.224 e. The molecule has 2 aromatic rings. The van der Waals surface area contributed by atoms with E-state index in [-0.39, 0.29) is 11.9 Å². The van der Waals surface area contributed by atoms with E-state index in [1.165, 1.54) is 16.7 Å². The molecule has 116 valence electrons. The first-order valence-corrected chi connectivity index (χ1v) is 8.06. The van der Waals surface area contributed by atoms with Crippen molar-refractivity contribution >= 4 is 5.91 Å². The highest BCUT2D eigenvalue weighted by atomic mass is 16.1. The molecule has 1 amide bonds. The van der Waals surface area contributed by atoms with Crippen molar-refractivity contribution in [1.82, 2.24) is 5.32 Å². The summed E-state index contributed by atoms with van der Waals surface area (Å²) >= 11 is 0. The number of benzene rings is 2. The minimum atomic E-state index is 0.0803. The number of carbonyl (C=O) groups is 1. The lowest BCUT2D eigenvalue weighted by molar-refractivity contribution is -0.121. The van der Waals surface area contributed by atoms with Crippen molar-refractivity contribution in [2.24, 2.45) is 0 Å². The van der Waals surface area contributed by atoms with Crippen LogP contribution in [0.3, 0.4) is 0 Å². The third-order valence-corrected chi connectivity index (χ3v) is 4.02. The standard InChI is InChI=1S/C20H25NO/c1-4-16-8-10-17(11-9-16)14-20(22)21-19(5-2)18-12-6-15(3)7-13-18/h6-13,19H,4-5,14H2,1-3H3,(H,21,22)/t19-/m1/s1. The first kappa shape index (κ1) is 16.3. The van der Waals surface area contributed by atoms with Gasteiger partial charge in [-0.25, -0.2) is 0 Å². The van der Waals surface area contributed by atoms with Gasteiger partial charge in [-0.2, -0.15) is 0 Å². The topological polar surface area (TPSA) is 29.1 Å². The Balaban J connectivity index is 1.98. The molecule has 22 heavy (non-hydrogen) atoms. The summed E-state index contributed by atoms with van der Waals surface area (Å²) in [4.78, 5) is 12.3. The number of carbonyl (C=O) groups excluding carboxylic acids is 1. The number of rotatable bonds is 6. The molecule has 0 aliphatic heterocycles. The predicted octanol–water partition coefficient (Wildman–Crippen LogP) is 4.37. The highest BCUT2D eigenvalue weighted by Crippen LogP contribution is 2.17. The fourth-order valence-electron chi connectivity index (χ4n) is 2.54. The molecule has 2 rings (SSSR count). The Morgan fingerprint density at radius 2 is 1.55 bits per heavy atom. The molecule has 0 aromatic heterocycles. The molecule has 2 heteroatoms. The Hall–Kier alpha value is -2.09. The highest BCUT2D eigenvalue weighted by molar-refractivity contribution is 5.79. The molecule has 0 saturated carbocycles. The van der Waals surface area contributed by atoms with E-state index in [1.807, 2.05) is 12.1 Å². The van der Waals surface area contributed by atoms with Crippen LogP contribution in [0.25, 0.3) is 0 Å². The molecule has 2 aromatic carbocycles. The second-order valence-corrected chi connectivity index (χ2v) is 5.79. The molecule has 1 N–H and O–H groups in total. The molecule has 0 unspecified atom stereocenters. The Bertz CT molecular complexity index is 599. The summed E-state index contributed by atoms with van der Waals surface area (Å²) in [6.07, 6.45) is 2.35. The van der Waals surface area contributed by atoms with E-state index >= 15 is 0 Å². The van der Waals surface area contributed by atoms with Crippen LogP contribution in [0, 0.1) is 6.92 Å². The fourth-order valence-corrected chi connectivity index (χ4v) is 2.54. The Morgan fingerprint density at radius 1 is 0.955 bits per heavy atom. The zero-order chi connectivity index (χ0) is 15.9. The van der Waals surface area contributed by atoms with Gasteiger partial charge in [0.2, 0.25) is 5.91 Å². The quantitative estimate of drug-likeness (QED) is 0.842. The summed E-state index contributed by atoms with van der Waals surface area (Å²) in [7, 11) is 0. The maximum absolute atomic E-state index is 12.3. The van der Waals surface area contributed by atoms with Crippen molar-refractivity contribution in [3.05, 3.63) is 70.8 Å². The van der Waals surface area contributed by atoms with Gasteiger partial charge in [0.1, 0.15) is 0 Å². The molecule has 1 atom stereocenters. The Labute approximate surface area is 133 Å². The van der Waals surface area contributed by atoms with Gasteiger partial charge >= 0.3 is 0 Å². The van der Waals surface area contributed by atoms with Crippen molar-refractivity contribution in [2.45, 2.75) is 46.1 Å². The van der Waals surface area contributed by atoms with Crippen LogP contribution in [0.1, 0.15) is 48.6 Å². The maximum atomic E-state index is 12.3. The highest BCUT2D eigenvalue weighted by Gasteiger charge is 2.12. The Kier molecular flexibility index (Phi) is 5.76. The summed E-state index contributed by atoms with van der Waals surface area (Å²) in [5.41, 5.74) is 4.77. The van der Waals surface area contributed by atoms with Crippen molar-refractivity contribution in [3.8, 4) is 0 Å². The van der Waals surface area contributed by atoms with Crippen LogP contribution in [0.15, 0.2) is 48.5 Å². The summed E-state index contributed by atoms with van der Waals surface area (Å²) in [5, 5.41) is 3.14. The van der Waals surface area contributed by atoms with E-state index in [9.17, 15) is 4.79 Å². The van der Waals surface area contributed by atoms with E-state index in [0.717, 1.165) is 18.4 Å². The fraction of sp³-hybridized carbons (Fsp3) is 0.350. The van der Waals surface area contributed by atoms with Crippen LogP contribution >= 0.6 is 0 Å². The number of aryl methyl sites for hydroxylation is 2. The summed E-state index contributed by atoms with van der Waals surface area (Å²) in [5.74, 6) is 0.0803. The van der Waals surface area contributed by atoms with E-state index in [1.54, 1.807) is 0 Å². The van der Waals surface area contributed by atoms with Crippen molar-refractivity contribution < 1.29 is 4.79 Å². The molecule has 0 saturated heterocycles. The lowest BCUT2D eigenvalue weighted by atomic mass is 10.0. The van der Waals surface area contributed by atoms with Gasteiger partial charge in [0.05, 0.1) is 12.5 Å². The number of nitrogens with one attached hydrogen (secondary N) is 1. The molecule has 0 bridgehead atoms. The van der Waals surface area contributed by atoms with Crippen LogP contribution in [0.5, 0.6) is 0 Å². The molecule has 0 fully saturated rings. The second kappa shape index (κ2) is 7.79. The largest absolute Gasteiger partial charge is 0.349 e. The lowest BCUT2D eigenvalue weighted by Crippen LogP contribution is -2.29. The van der Waals surface area contributed by atoms with E-state index in [4.69, 9.17) is 0 Å². The zero-order valence-electron chi connectivity index (χ0n) is 13.7. The molecule has 0 aliphatic rings. The lowest BCUT2D eigenvalue weighted by Gasteiger charge is -2.18. The van der Waals surface area contributed by atoms with Gasteiger partial charge in [0.15, 0.2) is 0 Å². The van der Waals surface area contributed by atoms with E-state index in [2.05, 4.69) is 62.5 Å². The minimum absolute atomic E-state index is 0.0803. The number of hydrogen-bond donors (Lipinski definition) is 1. The molecular formula is C20H25NO. The normalized spacial score (nSPS) is 12.0. The monoisotopic (exact) mass is 295 g/mol. The van der Waals surface area contributed by atoms with Gasteiger partial charge in [0.25, 0.3) is 0 Å². The molecule has 2 nitrogen and oxygen atoms in total. The van der Waals surface area contributed by atoms with Crippen LogP contribution in [-0.2, 0) is 17.6 Å². The average Bonchev–Trinajstić information content (AvgIpc) is 2.54. The first-order chi connectivity index (χ1) is 10.6. The number of amides is 1. The van der Waals surface area contributed by atoms with Crippen LogP contribution in [-0.4, -0.2) is 5.91 Å². The maximum Gasteiger partial charge on any atom is 0.224 e. The minimum Gasteiger partial charge on any atom is -0.349 e. The van der Waals surface area contributed by atoms with Crippen LogP contribution in [0.4, 0.5) is 0 Å². The van der Waals surface area contributed by atoms with Crippen molar-refractivity contribution in [2.75, 3.05) is 0 Å². The van der Waals surface area contributed by atoms with Gasteiger partial charge in [-0.15, -0.1) is 0 Å². The second-order valence-electron chi connectivity index (χ2n) is 5.79. The predicted molar refractivity (Wildman–Crippen MR) is 91.9 cm³/mol.